The van der Waals surface area contributed by atoms with E-state index in [1.165, 1.54) is 250 Å². The second kappa shape index (κ2) is 74.3. The third-order valence-electron chi connectivity index (χ3n) is 18.9. The molecule has 0 heterocycles. The van der Waals surface area contributed by atoms with Crippen LogP contribution in [0.25, 0.3) is 0 Å². The minimum atomic E-state index is -4.96. The van der Waals surface area contributed by atoms with E-state index >= 15 is 0 Å². The van der Waals surface area contributed by atoms with Crippen molar-refractivity contribution in [2.45, 2.75) is 451 Å². The highest BCUT2D eigenvalue weighted by Gasteiger charge is 2.30. The van der Waals surface area contributed by atoms with Crippen LogP contribution in [0.1, 0.15) is 432 Å². The fourth-order valence-corrected chi connectivity index (χ4v) is 14.0. The van der Waals surface area contributed by atoms with Crippen molar-refractivity contribution in [2.24, 2.45) is 0 Å². The van der Waals surface area contributed by atoms with E-state index < -0.39 is 97.5 Å². The van der Waals surface area contributed by atoms with Crippen molar-refractivity contribution in [3.05, 3.63) is 0 Å². The molecule has 17 nitrogen and oxygen atoms in total. The van der Waals surface area contributed by atoms with Gasteiger partial charge in [-0.15, -0.1) is 0 Å². The van der Waals surface area contributed by atoms with Crippen molar-refractivity contribution in [3.8, 4) is 0 Å². The second-order valence-corrected chi connectivity index (χ2v) is 31.7. The van der Waals surface area contributed by atoms with Crippen LogP contribution in [0.4, 0.5) is 0 Å². The minimum Gasteiger partial charge on any atom is -0.462 e. The second-order valence-electron chi connectivity index (χ2n) is 28.8. The molecule has 99 heavy (non-hydrogen) atoms. The number of aliphatic hydroxyl groups excluding tert-OH is 1. The molecule has 0 aliphatic rings. The van der Waals surface area contributed by atoms with E-state index in [2.05, 4.69) is 27.7 Å². The van der Waals surface area contributed by atoms with Gasteiger partial charge in [0.15, 0.2) is 12.2 Å². The lowest BCUT2D eigenvalue weighted by Crippen LogP contribution is -2.30. The number of carbonyl (C=O) groups is 4. The smallest absolute Gasteiger partial charge is 0.462 e. The fourth-order valence-electron chi connectivity index (χ4n) is 12.5. The molecule has 0 spiro atoms. The molecule has 0 rings (SSSR count). The van der Waals surface area contributed by atoms with E-state index in [0.29, 0.717) is 25.7 Å². The van der Waals surface area contributed by atoms with Gasteiger partial charge in [0.2, 0.25) is 0 Å². The lowest BCUT2D eigenvalue weighted by Gasteiger charge is -2.21. The standard InChI is InChI=1S/C80H156O17P2/c1-5-9-13-17-21-24-27-30-33-35-36-37-38-40-42-45-48-51-55-59-63-67-80(85)97-76(71-91-78(83)65-61-57-53-49-46-44-41-39-34-31-28-25-22-18-14-10-6-2)73-95-99(88,89)93-69-74(81)68-92-98(86,87)94-72-75(70-90-77(82)64-60-56-52-20-16-12-8-4)96-79(84)66-62-58-54-50-47-43-32-29-26-23-19-15-11-7-3/h74-76,81H,5-73H2,1-4H3,(H,86,87)(H,88,89)/t74-,75+,76+/m0/s1. The van der Waals surface area contributed by atoms with Crippen LogP contribution in [-0.4, -0.2) is 96.7 Å². The Labute approximate surface area is 607 Å². The summed E-state index contributed by atoms with van der Waals surface area (Å²) in [6, 6.07) is 0. The highest BCUT2D eigenvalue weighted by molar-refractivity contribution is 7.47. The highest BCUT2D eigenvalue weighted by atomic mass is 31.2. The number of rotatable bonds is 81. The van der Waals surface area contributed by atoms with E-state index in [0.717, 1.165) is 103 Å². The molecule has 0 bridgehead atoms. The molecule has 0 radical (unpaired) electrons. The van der Waals surface area contributed by atoms with Crippen molar-refractivity contribution >= 4 is 39.5 Å². The van der Waals surface area contributed by atoms with Crippen molar-refractivity contribution in [2.75, 3.05) is 39.6 Å². The Morgan fingerprint density at radius 2 is 0.404 bits per heavy atom. The fraction of sp³-hybridized carbons (Fsp3) is 0.950. The molecule has 0 aromatic rings. The van der Waals surface area contributed by atoms with Crippen LogP contribution >= 0.6 is 15.6 Å². The summed E-state index contributed by atoms with van der Waals surface area (Å²) < 4.78 is 68.6. The molecule has 2 unspecified atom stereocenters. The summed E-state index contributed by atoms with van der Waals surface area (Å²) in [6.07, 6.45) is 66.8. The average molecular weight is 1450 g/mol. The van der Waals surface area contributed by atoms with Crippen LogP contribution in [0.2, 0.25) is 0 Å². The Kier molecular flexibility index (Phi) is 72.9. The van der Waals surface area contributed by atoms with Gasteiger partial charge in [0.05, 0.1) is 26.4 Å². The van der Waals surface area contributed by atoms with Gasteiger partial charge in [0.1, 0.15) is 19.3 Å². The molecule has 0 fully saturated rings. The lowest BCUT2D eigenvalue weighted by atomic mass is 10.0. The van der Waals surface area contributed by atoms with Gasteiger partial charge in [0.25, 0.3) is 0 Å². The van der Waals surface area contributed by atoms with Gasteiger partial charge >= 0.3 is 39.5 Å². The maximum Gasteiger partial charge on any atom is 0.472 e. The lowest BCUT2D eigenvalue weighted by molar-refractivity contribution is -0.161. The topological polar surface area (TPSA) is 237 Å². The Morgan fingerprint density at radius 3 is 0.596 bits per heavy atom. The number of phosphoric acid groups is 2. The number of hydrogen-bond acceptors (Lipinski definition) is 15. The average Bonchev–Trinajstić information content (AvgIpc) is 0.969. The number of aliphatic hydroxyl groups is 1. The first-order valence-electron chi connectivity index (χ1n) is 41.8. The molecule has 0 saturated carbocycles. The van der Waals surface area contributed by atoms with Gasteiger partial charge in [0, 0.05) is 25.7 Å². The van der Waals surface area contributed by atoms with E-state index in [1.54, 1.807) is 0 Å². The highest BCUT2D eigenvalue weighted by Crippen LogP contribution is 2.45. The molecule has 0 aliphatic carbocycles. The van der Waals surface area contributed by atoms with Crippen molar-refractivity contribution in [1.82, 2.24) is 0 Å². The maximum atomic E-state index is 13.1. The number of unbranched alkanes of at least 4 members (excludes halogenated alkanes) is 55. The van der Waals surface area contributed by atoms with Crippen LogP contribution in [0.5, 0.6) is 0 Å². The van der Waals surface area contributed by atoms with Crippen LogP contribution in [0.3, 0.4) is 0 Å². The first-order chi connectivity index (χ1) is 48.2. The summed E-state index contributed by atoms with van der Waals surface area (Å²) in [6.45, 7) is 4.98. The molecule has 0 aromatic heterocycles. The number of carbonyl (C=O) groups excluding carboxylic acids is 4. The maximum absolute atomic E-state index is 13.1. The van der Waals surface area contributed by atoms with E-state index in [-0.39, 0.29) is 25.7 Å². The van der Waals surface area contributed by atoms with Crippen molar-refractivity contribution in [3.63, 3.8) is 0 Å². The van der Waals surface area contributed by atoms with Crippen molar-refractivity contribution < 1.29 is 80.2 Å². The number of phosphoric ester groups is 2. The van der Waals surface area contributed by atoms with Gasteiger partial charge in [-0.05, 0) is 25.7 Å². The predicted molar refractivity (Wildman–Crippen MR) is 405 cm³/mol. The zero-order valence-electron chi connectivity index (χ0n) is 64.5. The summed E-state index contributed by atoms with van der Waals surface area (Å²) in [4.78, 5) is 72.8. The molecule has 19 heteroatoms. The summed E-state index contributed by atoms with van der Waals surface area (Å²) in [7, 11) is -9.91. The number of ether oxygens (including phenoxy) is 4. The molecule has 0 saturated heterocycles. The molecular weight excluding hydrogens is 1290 g/mol. The zero-order valence-corrected chi connectivity index (χ0v) is 66.3. The quantitative estimate of drug-likeness (QED) is 0.0222. The molecule has 588 valence electrons. The summed E-state index contributed by atoms with van der Waals surface area (Å²) in [5.74, 6) is -2.11. The predicted octanol–water partition coefficient (Wildman–Crippen LogP) is 24.2. The molecule has 5 atom stereocenters. The molecule has 0 aliphatic heterocycles. The Hall–Kier alpha value is -1.94. The third-order valence-corrected chi connectivity index (χ3v) is 20.8. The monoisotopic (exact) mass is 1450 g/mol. The van der Waals surface area contributed by atoms with Crippen molar-refractivity contribution in [1.29, 1.82) is 0 Å². The third kappa shape index (κ3) is 74.1. The largest absolute Gasteiger partial charge is 0.472 e. The SMILES string of the molecule is CCCCCCCCCCCCCCCCCCCCCCCC(=O)O[C@H](COC(=O)CCCCCCCCCCCCCCCCCCC)COP(=O)(O)OC[C@@H](O)COP(=O)(O)OC[C@@H](COC(=O)CCCCCCCCC)OC(=O)CCCCCCCCCCCCCCCC. The molecular formula is C80H156O17P2. The summed E-state index contributed by atoms with van der Waals surface area (Å²) in [5.41, 5.74) is 0. The summed E-state index contributed by atoms with van der Waals surface area (Å²) >= 11 is 0. The number of hydrogen-bond donors (Lipinski definition) is 3. The van der Waals surface area contributed by atoms with E-state index in [1.807, 2.05) is 0 Å². The van der Waals surface area contributed by atoms with Gasteiger partial charge in [-0.3, -0.25) is 37.3 Å². The number of esters is 4. The molecule has 0 amide bonds. The normalized spacial score (nSPS) is 13.8. The molecule has 0 aromatic carbocycles. The van der Waals surface area contributed by atoms with Crippen LogP contribution in [0, 0.1) is 0 Å². The van der Waals surface area contributed by atoms with Gasteiger partial charge < -0.3 is 33.8 Å². The van der Waals surface area contributed by atoms with E-state index in [4.69, 9.17) is 37.0 Å². The van der Waals surface area contributed by atoms with Crippen LogP contribution < -0.4 is 0 Å². The minimum absolute atomic E-state index is 0.108. The molecule has 3 N–H and O–H groups in total. The van der Waals surface area contributed by atoms with Gasteiger partial charge in [-0.1, -0.05) is 381 Å². The Morgan fingerprint density at radius 1 is 0.242 bits per heavy atom. The van der Waals surface area contributed by atoms with Gasteiger partial charge in [-0.2, -0.15) is 0 Å². The first-order valence-corrected chi connectivity index (χ1v) is 44.8. The Bertz CT molecular complexity index is 1880. The van der Waals surface area contributed by atoms with Gasteiger partial charge in [-0.25, -0.2) is 9.13 Å². The summed E-state index contributed by atoms with van der Waals surface area (Å²) in [5, 5.41) is 10.6. The van der Waals surface area contributed by atoms with E-state index in [9.17, 15) is 43.2 Å². The zero-order chi connectivity index (χ0) is 72.5. The van der Waals surface area contributed by atoms with Crippen LogP contribution in [-0.2, 0) is 65.4 Å². The first kappa shape index (κ1) is 97.1. The Balaban J connectivity index is 5.16. The van der Waals surface area contributed by atoms with Crippen LogP contribution in [0.15, 0.2) is 0 Å².